The Morgan fingerprint density at radius 2 is 1.86 bits per heavy atom. The Labute approximate surface area is 120 Å². The fourth-order valence-electron chi connectivity index (χ4n) is 1.76. The fourth-order valence-corrected chi connectivity index (χ4v) is 1.76. The van der Waals surface area contributed by atoms with Gasteiger partial charge >= 0.3 is 5.97 Å². The number of aryl methyl sites for hydroxylation is 1. The van der Waals surface area contributed by atoms with E-state index in [0.29, 0.717) is 16.9 Å². The van der Waals surface area contributed by atoms with Gasteiger partial charge in [0, 0.05) is 23.6 Å². The van der Waals surface area contributed by atoms with Crippen LogP contribution >= 0.6 is 0 Å². The minimum atomic E-state index is -0.512. The lowest BCUT2D eigenvalue weighted by atomic mass is 10.2. The summed E-state index contributed by atoms with van der Waals surface area (Å²) in [6, 6.07) is 7.54. The van der Waals surface area contributed by atoms with Crippen molar-refractivity contribution in [2.45, 2.75) is 6.92 Å². The number of aromatic nitrogens is 1. The summed E-state index contributed by atoms with van der Waals surface area (Å²) in [7, 11) is 1.29. The molecule has 0 radical (unpaired) electrons. The summed E-state index contributed by atoms with van der Waals surface area (Å²) in [6.07, 6.45) is 1.37. The fraction of sp³-hybridized carbons (Fsp3) is 0.133. The number of aromatic amines is 1. The SMILES string of the molecule is COC(=O)c1ccc(NC(=O)c2c[nH]c(C)cc2=O)cc1. The second-order valence-corrected chi connectivity index (χ2v) is 4.42. The third kappa shape index (κ3) is 3.36. The molecule has 0 aliphatic carbocycles. The van der Waals surface area contributed by atoms with E-state index in [1.807, 2.05) is 0 Å². The zero-order valence-electron chi connectivity index (χ0n) is 11.6. The van der Waals surface area contributed by atoms with Crippen LogP contribution in [0.1, 0.15) is 26.4 Å². The summed E-state index contributed by atoms with van der Waals surface area (Å²) in [6.45, 7) is 1.73. The first-order chi connectivity index (χ1) is 10.0. The molecule has 1 amide bonds. The maximum Gasteiger partial charge on any atom is 0.337 e. The minimum absolute atomic E-state index is 0.0256. The van der Waals surface area contributed by atoms with E-state index < -0.39 is 11.9 Å². The molecule has 0 atom stereocenters. The summed E-state index contributed by atoms with van der Waals surface area (Å²) in [5.41, 5.74) is 1.21. The minimum Gasteiger partial charge on any atom is -0.465 e. The maximum absolute atomic E-state index is 12.0. The summed E-state index contributed by atoms with van der Waals surface area (Å²) >= 11 is 0. The lowest BCUT2D eigenvalue weighted by molar-refractivity contribution is 0.0600. The van der Waals surface area contributed by atoms with E-state index in [0.717, 1.165) is 0 Å². The van der Waals surface area contributed by atoms with Gasteiger partial charge in [-0.3, -0.25) is 9.59 Å². The number of esters is 1. The predicted molar refractivity (Wildman–Crippen MR) is 77.5 cm³/mol. The molecule has 2 N–H and O–H groups in total. The Balaban J connectivity index is 2.16. The molecule has 2 aromatic rings. The maximum atomic E-state index is 12.0. The van der Waals surface area contributed by atoms with Crippen molar-refractivity contribution in [3.63, 3.8) is 0 Å². The van der Waals surface area contributed by atoms with Gasteiger partial charge in [0.2, 0.25) is 0 Å². The zero-order valence-corrected chi connectivity index (χ0v) is 11.6. The van der Waals surface area contributed by atoms with E-state index >= 15 is 0 Å². The van der Waals surface area contributed by atoms with Crippen LogP contribution in [0.25, 0.3) is 0 Å². The van der Waals surface area contributed by atoms with E-state index in [1.54, 1.807) is 19.1 Å². The van der Waals surface area contributed by atoms with E-state index in [1.165, 1.54) is 31.5 Å². The van der Waals surface area contributed by atoms with E-state index in [4.69, 9.17) is 0 Å². The Morgan fingerprint density at radius 1 is 1.19 bits per heavy atom. The lowest BCUT2D eigenvalue weighted by Gasteiger charge is -2.06. The molecule has 0 unspecified atom stereocenters. The standard InChI is InChI=1S/C15H14N2O4/c1-9-7-13(18)12(8-16-9)14(19)17-11-5-3-10(4-6-11)15(20)21-2/h3-8H,1-2H3,(H,16,18)(H,17,19). The number of pyridine rings is 1. The van der Waals surface area contributed by atoms with Gasteiger partial charge in [-0.15, -0.1) is 0 Å². The Morgan fingerprint density at radius 3 is 2.43 bits per heavy atom. The van der Waals surface area contributed by atoms with E-state index in [-0.39, 0.29) is 11.0 Å². The van der Waals surface area contributed by atoms with Crippen LogP contribution in [0.3, 0.4) is 0 Å². The first-order valence-electron chi connectivity index (χ1n) is 6.20. The van der Waals surface area contributed by atoms with Crippen molar-refractivity contribution >= 4 is 17.6 Å². The Kier molecular flexibility index (Phi) is 4.18. The number of ether oxygens (including phenoxy) is 1. The molecule has 0 saturated carbocycles. The summed E-state index contributed by atoms with van der Waals surface area (Å²) < 4.78 is 4.58. The lowest BCUT2D eigenvalue weighted by Crippen LogP contribution is -2.21. The van der Waals surface area contributed by atoms with Gasteiger partial charge in [-0.05, 0) is 31.2 Å². The van der Waals surface area contributed by atoms with Crippen molar-refractivity contribution in [2.24, 2.45) is 0 Å². The van der Waals surface area contributed by atoms with Crippen LogP contribution in [0.15, 0.2) is 41.3 Å². The van der Waals surface area contributed by atoms with Crippen molar-refractivity contribution in [1.82, 2.24) is 4.98 Å². The first-order valence-corrected chi connectivity index (χ1v) is 6.20. The summed E-state index contributed by atoms with van der Waals surface area (Å²) in [5, 5.41) is 2.59. The van der Waals surface area contributed by atoms with Crippen LogP contribution in [-0.4, -0.2) is 24.0 Å². The van der Waals surface area contributed by atoms with Gasteiger partial charge < -0.3 is 15.0 Å². The molecule has 0 saturated heterocycles. The predicted octanol–water partition coefficient (Wildman–Crippen LogP) is 1.72. The Bertz CT molecular complexity index is 732. The second-order valence-electron chi connectivity index (χ2n) is 4.42. The smallest absolute Gasteiger partial charge is 0.337 e. The molecule has 0 aliphatic heterocycles. The highest BCUT2D eigenvalue weighted by atomic mass is 16.5. The third-order valence-corrected chi connectivity index (χ3v) is 2.87. The molecular formula is C15H14N2O4. The number of hydrogen-bond acceptors (Lipinski definition) is 4. The van der Waals surface area contributed by atoms with Gasteiger partial charge in [-0.1, -0.05) is 0 Å². The molecule has 108 valence electrons. The van der Waals surface area contributed by atoms with Crippen LogP contribution in [0.5, 0.6) is 0 Å². The third-order valence-electron chi connectivity index (χ3n) is 2.87. The van der Waals surface area contributed by atoms with Crippen LogP contribution < -0.4 is 10.7 Å². The zero-order chi connectivity index (χ0) is 15.4. The molecular weight excluding hydrogens is 272 g/mol. The van der Waals surface area contributed by atoms with Gasteiger partial charge in [0.15, 0.2) is 5.43 Å². The quantitative estimate of drug-likeness (QED) is 0.841. The number of amides is 1. The van der Waals surface area contributed by atoms with Crippen molar-refractivity contribution in [1.29, 1.82) is 0 Å². The van der Waals surface area contributed by atoms with Gasteiger partial charge in [0.25, 0.3) is 5.91 Å². The topological polar surface area (TPSA) is 88.3 Å². The number of carbonyl (C=O) groups excluding carboxylic acids is 2. The molecule has 1 aromatic heterocycles. The average Bonchev–Trinajstić information content (AvgIpc) is 2.47. The summed E-state index contributed by atoms with van der Waals surface area (Å²) in [5.74, 6) is -0.968. The number of carbonyl (C=O) groups is 2. The van der Waals surface area contributed by atoms with Gasteiger partial charge in [-0.2, -0.15) is 0 Å². The number of rotatable bonds is 3. The van der Waals surface area contributed by atoms with Crippen molar-refractivity contribution in [3.05, 3.63) is 63.6 Å². The number of H-pyrrole nitrogens is 1. The van der Waals surface area contributed by atoms with Crippen molar-refractivity contribution < 1.29 is 14.3 Å². The highest BCUT2D eigenvalue weighted by molar-refractivity contribution is 6.04. The average molecular weight is 286 g/mol. The number of methoxy groups -OCH3 is 1. The Hall–Kier alpha value is -2.89. The monoisotopic (exact) mass is 286 g/mol. The van der Waals surface area contributed by atoms with Gasteiger partial charge in [0.05, 0.1) is 12.7 Å². The van der Waals surface area contributed by atoms with Gasteiger partial charge in [-0.25, -0.2) is 4.79 Å². The molecule has 6 nitrogen and oxygen atoms in total. The molecule has 0 aliphatic rings. The number of benzene rings is 1. The first kappa shape index (κ1) is 14.5. The number of nitrogens with one attached hydrogen (secondary N) is 2. The highest BCUT2D eigenvalue weighted by Crippen LogP contribution is 2.11. The van der Waals surface area contributed by atoms with E-state index in [2.05, 4.69) is 15.0 Å². The molecule has 1 aromatic carbocycles. The molecule has 6 heteroatoms. The molecule has 21 heavy (non-hydrogen) atoms. The largest absolute Gasteiger partial charge is 0.465 e. The molecule has 2 rings (SSSR count). The molecule has 0 spiro atoms. The second kappa shape index (κ2) is 6.04. The highest BCUT2D eigenvalue weighted by Gasteiger charge is 2.11. The molecule has 0 bridgehead atoms. The summed E-state index contributed by atoms with van der Waals surface area (Å²) in [4.78, 5) is 37.8. The van der Waals surface area contributed by atoms with Crippen LogP contribution in [0.4, 0.5) is 5.69 Å². The van der Waals surface area contributed by atoms with E-state index in [9.17, 15) is 14.4 Å². The van der Waals surface area contributed by atoms with Crippen LogP contribution in [0, 0.1) is 6.92 Å². The number of hydrogen-bond donors (Lipinski definition) is 2. The van der Waals surface area contributed by atoms with Crippen LogP contribution in [-0.2, 0) is 4.74 Å². The van der Waals surface area contributed by atoms with Crippen molar-refractivity contribution in [3.8, 4) is 0 Å². The molecule has 1 heterocycles. The van der Waals surface area contributed by atoms with Crippen molar-refractivity contribution in [2.75, 3.05) is 12.4 Å². The van der Waals surface area contributed by atoms with Crippen LogP contribution in [0.2, 0.25) is 0 Å². The molecule has 0 fully saturated rings. The normalized spacial score (nSPS) is 10.0. The number of anilines is 1. The van der Waals surface area contributed by atoms with Gasteiger partial charge in [0.1, 0.15) is 5.56 Å².